The van der Waals surface area contributed by atoms with E-state index in [9.17, 15) is 14.7 Å². The molecule has 2 aromatic rings. The van der Waals surface area contributed by atoms with Crippen LogP contribution in [0, 0.1) is 0 Å². The quantitative estimate of drug-likeness (QED) is 0.865. The molecule has 0 aliphatic carbocycles. The molecule has 2 amide bonds. The van der Waals surface area contributed by atoms with Crippen LogP contribution in [0.4, 0.5) is 4.79 Å². The fourth-order valence-electron chi connectivity index (χ4n) is 3.72. The number of hydrogen-bond donors (Lipinski definition) is 2. The van der Waals surface area contributed by atoms with Crippen LogP contribution in [0.2, 0.25) is 0 Å². The van der Waals surface area contributed by atoms with E-state index in [1.165, 1.54) is 11.3 Å². The number of carbonyl (C=O) groups excluding carboxylic acids is 1. The van der Waals surface area contributed by atoms with Crippen molar-refractivity contribution in [2.75, 3.05) is 19.6 Å². The third-order valence-corrected chi connectivity index (χ3v) is 5.14. The zero-order valence-corrected chi connectivity index (χ0v) is 15.1. The number of piperidine rings is 1. The highest BCUT2D eigenvalue weighted by molar-refractivity contribution is 5.94. The Bertz CT molecular complexity index is 843. The van der Waals surface area contributed by atoms with E-state index in [1.54, 1.807) is 0 Å². The van der Waals surface area contributed by atoms with Gasteiger partial charge in [-0.2, -0.15) is 0 Å². The number of rotatable bonds is 3. The van der Waals surface area contributed by atoms with Crippen LogP contribution >= 0.6 is 0 Å². The van der Waals surface area contributed by atoms with Gasteiger partial charge >= 0.3 is 6.09 Å². The number of carboxylic acid groups (broad SMARTS) is 1. The number of fused-ring (bicyclic) bond motifs is 1. The average Bonchev–Trinajstić information content (AvgIpc) is 3.08. The van der Waals surface area contributed by atoms with E-state index in [-0.39, 0.29) is 12.5 Å². The van der Waals surface area contributed by atoms with Crippen molar-refractivity contribution in [2.45, 2.75) is 32.4 Å². The zero-order chi connectivity index (χ0) is 18.8. The van der Waals surface area contributed by atoms with Crippen molar-refractivity contribution in [3.63, 3.8) is 0 Å². The number of benzene rings is 1. The Morgan fingerprint density at radius 1 is 1.00 bits per heavy atom. The van der Waals surface area contributed by atoms with E-state index in [0.717, 1.165) is 31.5 Å². The standard InChI is InChI=1S/C19H23N5O3/c25-18(21-23-9-5-2-6-10-23)16-15-13-22(19(26)27)11-12-24(15)17(20-16)14-7-3-1-4-8-14/h1,3-4,7-8H,2,5-6,9-13H2,(H,21,25)(H,26,27). The summed E-state index contributed by atoms with van der Waals surface area (Å²) in [5, 5.41) is 11.3. The van der Waals surface area contributed by atoms with Gasteiger partial charge in [0.15, 0.2) is 5.69 Å². The third-order valence-electron chi connectivity index (χ3n) is 5.14. The SMILES string of the molecule is O=C(NN1CCCCC1)c1nc(-c2ccccc2)n2c1CN(C(=O)O)CC2. The lowest BCUT2D eigenvalue weighted by Gasteiger charge is -2.28. The van der Waals surface area contributed by atoms with Gasteiger partial charge in [-0.15, -0.1) is 0 Å². The molecule has 2 aliphatic heterocycles. The number of nitrogens with one attached hydrogen (secondary N) is 1. The van der Waals surface area contributed by atoms with Crippen molar-refractivity contribution in [1.29, 1.82) is 0 Å². The molecular formula is C19H23N5O3. The molecule has 2 N–H and O–H groups in total. The molecule has 0 radical (unpaired) electrons. The van der Waals surface area contributed by atoms with Gasteiger partial charge in [0, 0.05) is 31.7 Å². The van der Waals surface area contributed by atoms with Gasteiger partial charge in [0.25, 0.3) is 5.91 Å². The molecule has 0 spiro atoms. The number of carbonyl (C=O) groups is 2. The molecule has 1 aromatic heterocycles. The van der Waals surface area contributed by atoms with Crippen LogP contribution in [-0.4, -0.2) is 56.2 Å². The molecule has 4 rings (SSSR count). The summed E-state index contributed by atoms with van der Waals surface area (Å²) in [6.07, 6.45) is 2.32. The largest absolute Gasteiger partial charge is 0.465 e. The summed E-state index contributed by atoms with van der Waals surface area (Å²) < 4.78 is 1.97. The van der Waals surface area contributed by atoms with Crippen LogP contribution in [0.3, 0.4) is 0 Å². The van der Waals surface area contributed by atoms with Crippen LogP contribution in [-0.2, 0) is 13.1 Å². The minimum Gasteiger partial charge on any atom is -0.465 e. The Morgan fingerprint density at radius 2 is 1.74 bits per heavy atom. The van der Waals surface area contributed by atoms with Gasteiger partial charge in [0.1, 0.15) is 5.82 Å². The zero-order valence-electron chi connectivity index (χ0n) is 15.1. The van der Waals surface area contributed by atoms with Gasteiger partial charge in [-0.05, 0) is 12.8 Å². The van der Waals surface area contributed by atoms with E-state index in [1.807, 2.05) is 39.9 Å². The topological polar surface area (TPSA) is 90.7 Å². The van der Waals surface area contributed by atoms with Crippen LogP contribution < -0.4 is 5.43 Å². The molecule has 1 saturated heterocycles. The highest BCUT2D eigenvalue weighted by atomic mass is 16.4. The summed E-state index contributed by atoms with van der Waals surface area (Å²) in [6.45, 7) is 2.68. The maximum atomic E-state index is 12.9. The third kappa shape index (κ3) is 3.52. The minimum absolute atomic E-state index is 0.165. The Hall–Kier alpha value is -2.87. The first kappa shape index (κ1) is 17.5. The van der Waals surface area contributed by atoms with E-state index in [2.05, 4.69) is 10.4 Å². The molecule has 1 fully saturated rings. The van der Waals surface area contributed by atoms with Crippen LogP contribution in [0.1, 0.15) is 35.4 Å². The Morgan fingerprint density at radius 3 is 2.44 bits per heavy atom. The van der Waals surface area contributed by atoms with Gasteiger partial charge in [-0.3, -0.25) is 10.2 Å². The maximum absolute atomic E-state index is 12.9. The lowest BCUT2D eigenvalue weighted by atomic mass is 10.2. The predicted molar refractivity (Wildman–Crippen MR) is 99.0 cm³/mol. The molecule has 3 heterocycles. The first-order valence-corrected chi connectivity index (χ1v) is 9.32. The van der Waals surface area contributed by atoms with Crippen LogP contribution in [0.15, 0.2) is 30.3 Å². The molecule has 0 bridgehead atoms. The van der Waals surface area contributed by atoms with Gasteiger partial charge in [0.2, 0.25) is 0 Å². The highest BCUT2D eigenvalue weighted by Gasteiger charge is 2.30. The number of nitrogens with zero attached hydrogens (tertiary/aromatic N) is 4. The highest BCUT2D eigenvalue weighted by Crippen LogP contribution is 2.26. The summed E-state index contributed by atoms with van der Waals surface area (Å²) in [7, 11) is 0. The van der Waals surface area contributed by atoms with Crippen LogP contribution in [0.25, 0.3) is 11.4 Å². The van der Waals surface area contributed by atoms with Crippen LogP contribution in [0.5, 0.6) is 0 Å². The van der Waals surface area contributed by atoms with Gasteiger partial charge in [0.05, 0.1) is 12.2 Å². The summed E-state index contributed by atoms with van der Waals surface area (Å²) >= 11 is 0. The van der Waals surface area contributed by atoms with Gasteiger partial charge in [-0.1, -0.05) is 36.8 Å². The molecule has 0 unspecified atom stereocenters. The van der Waals surface area contributed by atoms with Crippen molar-refractivity contribution in [1.82, 2.24) is 24.9 Å². The number of aromatic nitrogens is 2. The van der Waals surface area contributed by atoms with E-state index in [4.69, 9.17) is 0 Å². The minimum atomic E-state index is -0.980. The normalized spacial score (nSPS) is 17.4. The maximum Gasteiger partial charge on any atom is 0.407 e. The van der Waals surface area contributed by atoms with Crippen molar-refractivity contribution >= 4 is 12.0 Å². The second-order valence-corrected chi connectivity index (χ2v) is 6.94. The average molecular weight is 369 g/mol. The molecule has 0 atom stereocenters. The molecule has 8 nitrogen and oxygen atoms in total. The molecular weight excluding hydrogens is 346 g/mol. The summed E-state index contributed by atoms with van der Waals surface area (Å²) in [4.78, 5) is 30.3. The smallest absolute Gasteiger partial charge is 0.407 e. The van der Waals surface area contributed by atoms with E-state index >= 15 is 0 Å². The van der Waals surface area contributed by atoms with Crippen molar-refractivity contribution in [2.24, 2.45) is 0 Å². The van der Waals surface area contributed by atoms with Crippen molar-refractivity contribution in [3.8, 4) is 11.4 Å². The monoisotopic (exact) mass is 369 g/mol. The van der Waals surface area contributed by atoms with Crippen molar-refractivity contribution < 1.29 is 14.7 Å². The summed E-state index contributed by atoms with van der Waals surface area (Å²) in [5.74, 6) is 0.439. The fraction of sp³-hybridized carbons (Fsp3) is 0.421. The predicted octanol–water partition coefficient (Wildman–Crippen LogP) is 2.17. The van der Waals surface area contributed by atoms with Gasteiger partial charge in [-0.25, -0.2) is 14.8 Å². The fourth-order valence-corrected chi connectivity index (χ4v) is 3.72. The molecule has 142 valence electrons. The Labute approximate surface area is 157 Å². The number of hydrazine groups is 1. The lowest BCUT2D eigenvalue weighted by Crippen LogP contribution is -2.46. The van der Waals surface area contributed by atoms with Gasteiger partial charge < -0.3 is 14.6 Å². The summed E-state index contributed by atoms with van der Waals surface area (Å²) in [6, 6.07) is 9.68. The number of hydrogen-bond acceptors (Lipinski definition) is 4. The molecule has 2 aliphatic rings. The van der Waals surface area contributed by atoms with Crippen molar-refractivity contribution in [3.05, 3.63) is 41.7 Å². The Balaban J connectivity index is 1.68. The second kappa shape index (κ2) is 7.40. The first-order valence-electron chi connectivity index (χ1n) is 9.32. The number of imidazole rings is 1. The van der Waals surface area contributed by atoms with E-state index in [0.29, 0.717) is 30.3 Å². The molecule has 27 heavy (non-hydrogen) atoms. The van der Waals surface area contributed by atoms with E-state index < -0.39 is 6.09 Å². The second-order valence-electron chi connectivity index (χ2n) is 6.94. The lowest BCUT2D eigenvalue weighted by molar-refractivity contribution is 0.0740. The number of amides is 2. The Kier molecular flexibility index (Phi) is 4.81. The molecule has 8 heteroatoms. The molecule has 0 saturated carbocycles. The first-order chi connectivity index (χ1) is 13.1. The summed E-state index contributed by atoms with van der Waals surface area (Å²) in [5.41, 5.74) is 4.82. The molecule has 1 aromatic carbocycles.